The van der Waals surface area contributed by atoms with Crippen molar-refractivity contribution in [1.29, 1.82) is 0 Å². The number of amides is 2. The molecule has 1 aromatic carbocycles. The van der Waals surface area contributed by atoms with E-state index in [1.807, 2.05) is 0 Å². The number of hydrogen-bond donors (Lipinski definition) is 1. The van der Waals surface area contributed by atoms with Crippen LogP contribution in [0.4, 0.5) is 0 Å². The van der Waals surface area contributed by atoms with Crippen molar-refractivity contribution in [3.63, 3.8) is 0 Å². The predicted molar refractivity (Wildman–Crippen MR) is 70.6 cm³/mol. The van der Waals surface area contributed by atoms with Crippen molar-refractivity contribution in [3.8, 4) is 0 Å². The highest BCUT2D eigenvalue weighted by Gasteiger charge is 2.36. The lowest BCUT2D eigenvalue weighted by atomic mass is 10.1. The van der Waals surface area contributed by atoms with E-state index < -0.39 is 0 Å². The molecule has 0 aliphatic carbocycles. The minimum atomic E-state index is -0.185. The summed E-state index contributed by atoms with van der Waals surface area (Å²) in [5, 5.41) is 0. The van der Waals surface area contributed by atoms with Crippen LogP contribution >= 0.6 is 0 Å². The van der Waals surface area contributed by atoms with Crippen LogP contribution in [0.1, 0.15) is 33.6 Å². The Morgan fingerprint density at radius 2 is 1.58 bits per heavy atom. The van der Waals surface area contributed by atoms with Gasteiger partial charge < -0.3 is 5.73 Å². The average molecular weight is 259 g/mol. The van der Waals surface area contributed by atoms with E-state index in [0.717, 1.165) is 25.9 Å². The van der Waals surface area contributed by atoms with Gasteiger partial charge in [0, 0.05) is 19.1 Å². The number of benzene rings is 1. The van der Waals surface area contributed by atoms with Crippen molar-refractivity contribution in [2.45, 2.75) is 18.9 Å². The van der Waals surface area contributed by atoms with Crippen LogP contribution in [-0.4, -0.2) is 47.4 Å². The van der Waals surface area contributed by atoms with Crippen LogP contribution in [0.2, 0.25) is 0 Å². The zero-order valence-electron chi connectivity index (χ0n) is 10.7. The molecule has 1 saturated heterocycles. The van der Waals surface area contributed by atoms with Gasteiger partial charge in [-0.05, 0) is 25.0 Å². The fraction of sp³-hybridized carbons (Fsp3) is 0.429. The maximum atomic E-state index is 12.2. The SMILES string of the molecule is NC1CCN(CN2C(=O)c3ccccc3C2=O)CC1. The molecular weight excluding hydrogens is 242 g/mol. The Hall–Kier alpha value is -1.72. The number of hydrogen-bond acceptors (Lipinski definition) is 4. The maximum absolute atomic E-state index is 12.2. The molecule has 0 aromatic heterocycles. The summed E-state index contributed by atoms with van der Waals surface area (Å²) in [5.74, 6) is -0.369. The van der Waals surface area contributed by atoms with E-state index in [2.05, 4.69) is 4.90 Å². The van der Waals surface area contributed by atoms with Crippen LogP contribution in [-0.2, 0) is 0 Å². The summed E-state index contributed by atoms with van der Waals surface area (Å²) in [6, 6.07) is 7.24. The van der Waals surface area contributed by atoms with Crippen LogP contribution in [0.3, 0.4) is 0 Å². The fourth-order valence-corrected chi connectivity index (χ4v) is 2.66. The molecule has 2 amide bonds. The number of carbonyl (C=O) groups excluding carboxylic acids is 2. The molecule has 2 heterocycles. The largest absolute Gasteiger partial charge is 0.328 e. The van der Waals surface area contributed by atoms with Gasteiger partial charge in [0.2, 0.25) is 0 Å². The predicted octanol–water partition coefficient (Wildman–Crippen LogP) is 0.663. The first-order chi connectivity index (χ1) is 9.16. The second-order valence-electron chi connectivity index (χ2n) is 5.18. The molecule has 2 N–H and O–H groups in total. The van der Waals surface area contributed by atoms with E-state index in [0.29, 0.717) is 17.8 Å². The number of rotatable bonds is 2. The smallest absolute Gasteiger partial charge is 0.262 e. The standard InChI is InChI=1S/C14H17N3O2/c15-10-5-7-16(8-6-10)9-17-13(18)11-3-1-2-4-12(11)14(17)19/h1-4,10H,5-9,15H2. The summed E-state index contributed by atoms with van der Waals surface area (Å²) in [7, 11) is 0. The highest BCUT2D eigenvalue weighted by Crippen LogP contribution is 2.23. The van der Waals surface area contributed by atoms with Gasteiger partial charge in [-0.3, -0.25) is 19.4 Å². The number of carbonyl (C=O) groups is 2. The summed E-state index contributed by atoms with van der Waals surface area (Å²) < 4.78 is 0. The number of nitrogens with two attached hydrogens (primary N) is 1. The van der Waals surface area contributed by atoms with Gasteiger partial charge in [-0.1, -0.05) is 12.1 Å². The molecule has 2 aliphatic rings. The van der Waals surface area contributed by atoms with Gasteiger partial charge in [-0.15, -0.1) is 0 Å². The van der Waals surface area contributed by atoms with Crippen molar-refractivity contribution < 1.29 is 9.59 Å². The molecule has 5 nitrogen and oxygen atoms in total. The first-order valence-electron chi connectivity index (χ1n) is 6.60. The van der Waals surface area contributed by atoms with Crippen LogP contribution in [0.5, 0.6) is 0 Å². The Balaban J connectivity index is 1.74. The van der Waals surface area contributed by atoms with Gasteiger partial charge in [0.15, 0.2) is 0 Å². The molecule has 19 heavy (non-hydrogen) atoms. The van der Waals surface area contributed by atoms with Crippen molar-refractivity contribution in [1.82, 2.24) is 9.80 Å². The Bertz CT molecular complexity index is 486. The monoisotopic (exact) mass is 259 g/mol. The minimum Gasteiger partial charge on any atom is -0.328 e. The molecule has 1 fully saturated rings. The summed E-state index contributed by atoms with van der Waals surface area (Å²) in [6.45, 7) is 2.06. The first kappa shape index (κ1) is 12.3. The van der Waals surface area contributed by atoms with Gasteiger partial charge >= 0.3 is 0 Å². The van der Waals surface area contributed by atoms with Crippen LogP contribution < -0.4 is 5.73 Å². The third-order valence-electron chi connectivity index (χ3n) is 3.85. The molecule has 0 bridgehead atoms. The van der Waals surface area contributed by atoms with E-state index >= 15 is 0 Å². The van der Waals surface area contributed by atoms with Gasteiger partial charge in [-0.2, -0.15) is 0 Å². The van der Waals surface area contributed by atoms with Crippen molar-refractivity contribution in [2.75, 3.05) is 19.8 Å². The zero-order chi connectivity index (χ0) is 13.4. The molecule has 0 unspecified atom stereocenters. The maximum Gasteiger partial charge on any atom is 0.262 e. The minimum absolute atomic E-state index is 0.185. The Kier molecular flexibility index (Phi) is 3.08. The number of imide groups is 1. The molecule has 100 valence electrons. The average Bonchev–Trinajstić information content (AvgIpc) is 2.67. The molecule has 5 heteroatoms. The molecule has 0 radical (unpaired) electrons. The summed E-state index contributed by atoms with van der Waals surface area (Å²) in [5.41, 5.74) is 6.88. The molecule has 1 aromatic rings. The Morgan fingerprint density at radius 1 is 1.05 bits per heavy atom. The third kappa shape index (κ3) is 2.15. The first-order valence-corrected chi connectivity index (χ1v) is 6.60. The number of fused-ring (bicyclic) bond motifs is 1. The molecule has 0 saturated carbocycles. The van der Waals surface area contributed by atoms with Crippen molar-refractivity contribution in [3.05, 3.63) is 35.4 Å². The van der Waals surface area contributed by atoms with Crippen molar-refractivity contribution in [2.24, 2.45) is 5.73 Å². The summed E-state index contributed by atoms with van der Waals surface area (Å²) >= 11 is 0. The van der Waals surface area contributed by atoms with E-state index in [1.165, 1.54) is 4.90 Å². The van der Waals surface area contributed by atoms with Gasteiger partial charge in [0.25, 0.3) is 11.8 Å². The highest BCUT2D eigenvalue weighted by molar-refractivity contribution is 6.21. The van der Waals surface area contributed by atoms with E-state index in [9.17, 15) is 9.59 Å². The van der Waals surface area contributed by atoms with Crippen LogP contribution in [0.15, 0.2) is 24.3 Å². The Labute approximate surface area is 112 Å². The Morgan fingerprint density at radius 3 is 2.11 bits per heavy atom. The molecular formula is C14H17N3O2. The zero-order valence-corrected chi connectivity index (χ0v) is 10.7. The second kappa shape index (κ2) is 4.75. The topological polar surface area (TPSA) is 66.6 Å². The lowest BCUT2D eigenvalue weighted by Crippen LogP contribution is -2.46. The molecule has 2 aliphatic heterocycles. The lowest BCUT2D eigenvalue weighted by molar-refractivity contribution is 0.0513. The van der Waals surface area contributed by atoms with E-state index in [-0.39, 0.29) is 17.9 Å². The van der Waals surface area contributed by atoms with E-state index in [1.54, 1.807) is 24.3 Å². The normalized spacial score (nSPS) is 21.0. The van der Waals surface area contributed by atoms with Gasteiger partial charge in [0.05, 0.1) is 17.8 Å². The van der Waals surface area contributed by atoms with E-state index in [4.69, 9.17) is 5.73 Å². The van der Waals surface area contributed by atoms with Gasteiger partial charge in [-0.25, -0.2) is 0 Å². The van der Waals surface area contributed by atoms with Crippen LogP contribution in [0.25, 0.3) is 0 Å². The molecule has 0 atom stereocenters. The summed E-state index contributed by atoms with van der Waals surface area (Å²) in [4.78, 5) is 27.8. The summed E-state index contributed by atoms with van der Waals surface area (Å²) in [6.07, 6.45) is 1.84. The van der Waals surface area contributed by atoms with Gasteiger partial charge in [0.1, 0.15) is 0 Å². The fourth-order valence-electron chi connectivity index (χ4n) is 2.66. The lowest BCUT2D eigenvalue weighted by Gasteiger charge is -2.32. The van der Waals surface area contributed by atoms with Crippen LogP contribution in [0, 0.1) is 0 Å². The second-order valence-corrected chi connectivity index (χ2v) is 5.18. The third-order valence-corrected chi connectivity index (χ3v) is 3.85. The molecule has 0 spiro atoms. The number of likely N-dealkylation sites (tertiary alicyclic amines) is 1. The van der Waals surface area contributed by atoms with Crippen molar-refractivity contribution >= 4 is 11.8 Å². The number of piperidine rings is 1. The number of nitrogens with zero attached hydrogens (tertiary/aromatic N) is 2. The highest BCUT2D eigenvalue weighted by atomic mass is 16.2. The molecule has 3 rings (SSSR count). The quantitative estimate of drug-likeness (QED) is 0.792.